The smallest absolute Gasteiger partial charge is 0.205 e. The largest absolute Gasteiger partial charge is 0.263 e. The van der Waals surface area contributed by atoms with Gasteiger partial charge in [0.15, 0.2) is 11.6 Å². The minimum atomic E-state index is -2.57. The summed E-state index contributed by atoms with van der Waals surface area (Å²) in [7, 11) is 0. The van der Waals surface area contributed by atoms with Crippen molar-refractivity contribution in [2.45, 2.75) is 19.8 Å². The van der Waals surface area contributed by atoms with Crippen LogP contribution in [0.2, 0.25) is 0 Å². The lowest BCUT2D eigenvalue weighted by Crippen LogP contribution is -1.96. The number of aryl methyl sites for hydroxylation is 1. The Hall–Kier alpha value is -1.84. The molecule has 0 aliphatic rings. The number of benzene rings is 2. The highest BCUT2D eigenvalue weighted by molar-refractivity contribution is 5.65. The molecule has 0 bridgehead atoms. The summed E-state index contributed by atoms with van der Waals surface area (Å²) in [5, 5.41) is 0. The molecule has 0 fully saturated rings. The molecule has 4 heteroatoms. The third kappa shape index (κ3) is 2.62. The number of rotatable bonds is 3. The summed E-state index contributed by atoms with van der Waals surface area (Å²) in [6, 6.07) is 8.13. The standard InChI is InChI=1S/C15H12F4/c1-2-9-7-8-12(14(17)13(9)16)10-3-5-11(6-4-10)15(18)19/h3-8,15H,2H2,1H3. The second-order valence-electron chi connectivity index (χ2n) is 4.18. The zero-order chi connectivity index (χ0) is 14.0. The Labute approximate surface area is 108 Å². The summed E-state index contributed by atoms with van der Waals surface area (Å²) < 4.78 is 52.3. The molecule has 100 valence electrons. The number of alkyl halides is 2. The van der Waals surface area contributed by atoms with Gasteiger partial charge < -0.3 is 0 Å². The first kappa shape index (κ1) is 13.6. The van der Waals surface area contributed by atoms with Gasteiger partial charge in [-0.15, -0.1) is 0 Å². The summed E-state index contributed by atoms with van der Waals surface area (Å²) in [5.74, 6) is -1.82. The summed E-state index contributed by atoms with van der Waals surface area (Å²) in [5.41, 5.74) is 0.610. The molecule has 0 spiro atoms. The van der Waals surface area contributed by atoms with E-state index in [2.05, 4.69) is 0 Å². The van der Waals surface area contributed by atoms with Crippen LogP contribution in [0, 0.1) is 11.6 Å². The van der Waals surface area contributed by atoms with Gasteiger partial charge in [-0.1, -0.05) is 43.3 Å². The molecule has 2 aromatic rings. The summed E-state index contributed by atoms with van der Waals surface area (Å²) >= 11 is 0. The van der Waals surface area contributed by atoms with Crippen molar-refractivity contribution >= 4 is 0 Å². The third-order valence-corrected chi connectivity index (χ3v) is 3.02. The van der Waals surface area contributed by atoms with Gasteiger partial charge in [0.2, 0.25) is 0 Å². The Kier molecular flexibility index (Phi) is 3.88. The molecule has 2 aromatic carbocycles. The number of hydrogen-bond donors (Lipinski definition) is 0. The molecular weight excluding hydrogens is 256 g/mol. The lowest BCUT2D eigenvalue weighted by atomic mass is 10.0. The first-order valence-electron chi connectivity index (χ1n) is 5.90. The fourth-order valence-electron chi connectivity index (χ4n) is 1.89. The van der Waals surface area contributed by atoms with Gasteiger partial charge in [-0.3, -0.25) is 0 Å². The van der Waals surface area contributed by atoms with Crippen LogP contribution in [-0.2, 0) is 6.42 Å². The quantitative estimate of drug-likeness (QED) is 0.677. The topological polar surface area (TPSA) is 0 Å². The second-order valence-corrected chi connectivity index (χ2v) is 4.18. The van der Waals surface area contributed by atoms with Crippen molar-refractivity contribution in [3.05, 3.63) is 59.2 Å². The van der Waals surface area contributed by atoms with Crippen molar-refractivity contribution in [3.8, 4) is 11.1 Å². The van der Waals surface area contributed by atoms with Crippen LogP contribution < -0.4 is 0 Å². The number of hydrogen-bond acceptors (Lipinski definition) is 0. The highest BCUT2D eigenvalue weighted by Crippen LogP contribution is 2.28. The predicted octanol–water partition coefficient (Wildman–Crippen LogP) is 5.13. The van der Waals surface area contributed by atoms with E-state index < -0.39 is 18.1 Å². The SMILES string of the molecule is CCc1ccc(-c2ccc(C(F)F)cc2)c(F)c1F. The van der Waals surface area contributed by atoms with Crippen LogP contribution in [0.25, 0.3) is 11.1 Å². The van der Waals surface area contributed by atoms with Gasteiger partial charge in [0.25, 0.3) is 6.43 Å². The van der Waals surface area contributed by atoms with E-state index in [0.717, 1.165) is 0 Å². The van der Waals surface area contributed by atoms with Gasteiger partial charge >= 0.3 is 0 Å². The van der Waals surface area contributed by atoms with Crippen molar-refractivity contribution in [3.63, 3.8) is 0 Å². The Morgan fingerprint density at radius 2 is 1.53 bits per heavy atom. The molecule has 0 unspecified atom stereocenters. The van der Waals surface area contributed by atoms with Crippen molar-refractivity contribution < 1.29 is 17.6 Å². The molecule has 0 heterocycles. The van der Waals surface area contributed by atoms with Crippen LogP contribution >= 0.6 is 0 Å². The molecule has 0 aliphatic heterocycles. The van der Waals surface area contributed by atoms with E-state index in [0.29, 0.717) is 17.5 Å². The Morgan fingerprint density at radius 1 is 0.895 bits per heavy atom. The van der Waals surface area contributed by atoms with E-state index in [-0.39, 0.29) is 11.1 Å². The van der Waals surface area contributed by atoms with Crippen molar-refractivity contribution in [1.29, 1.82) is 0 Å². The molecule has 0 aliphatic carbocycles. The first-order chi connectivity index (χ1) is 9.04. The van der Waals surface area contributed by atoms with Crippen LogP contribution in [-0.4, -0.2) is 0 Å². The minimum absolute atomic E-state index is 0.0792. The average Bonchev–Trinajstić information content (AvgIpc) is 2.42. The van der Waals surface area contributed by atoms with Crippen molar-refractivity contribution in [1.82, 2.24) is 0 Å². The molecule has 2 rings (SSSR count). The molecule has 0 atom stereocenters. The zero-order valence-electron chi connectivity index (χ0n) is 10.3. The molecule has 0 amide bonds. The van der Waals surface area contributed by atoms with Gasteiger partial charge in [-0.05, 0) is 17.5 Å². The first-order valence-corrected chi connectivity index (χ1v) is 5.90. The van der Waals surface area contributed by atoms with E-state index >= 15 is 0 Å². The Morgan fingerprint density at radius 3 is 2.05 bits per heavy atom. The van der Waals surface area contributed by atoms with Gasteiger partial charge in [0.05, 0.1) is 0 Å². The molecule has 0 nitrogen and oxygen atoms in total. The van der Waals surface area contributed by atoms with E-state index in [1.165, 1.54) is 36.4 Å². The van der Waals surface area contributed by atoms with E-state index in [9.17, 15) is 17.6 Å². The normalized spacial score (nSPS) is 11.1. The minimum Gasteiger partial charge on any atom is -0.205 e. The molecule has 0 radical (unpaired) electrons. The van der Waals surface area contributed by atoms with Gasteiger partial charge in [-0.25, -0.2) is 17.6 Å². The monoisotopic (exact) mass is 268 g/mol. The zero-order valence-corrected chi connectivity index (χ0v) is 10.3. The maximum absolute atomic E-state index is 13.9. The summed E-state index contributed by atoms with van der Waals surface area (Å²) in [4.78, 5) is 0. The van der Waals surface area contributed by atoms with Gasteiger partial charge in [-0.2, -0.15) is 0 Å². The highest BCUT2D eigenvalue weighted by atomic mass is 19.3. The summed E-state index contributed by atoms with van der Waals surface area (Å²) in [6.45, 7) is 1.73. The van der Waals surface area contributed by atoms with Gasteiger partial charge in [0, 0.05) is 11.1 Å². The Balaban J connectivity index is 2.44. The molecule has 0 aromatic heterocycles. The average molecular weight is 268 g/mol. The second kappa shape index (κ2) is 5.43. The molecule has 0 N–H and O–H groups in total. The van der Waals surface area contributed by atoms with Crippen LogP contribution in [0.5, 0.6) is 0 Å². The van der Waals surface area contributed by atoms with Gasteiger partial charge in [0.1, 0.15) is 0 Å². The molecule has 0 saturated heterocycles. The fraction of sp³-hybridized carbons (Fsp3) is 0.200. The van der Waals surface area contributed by atoms with Crippen LogP contribution in [0.4, 0.5) is 17.6 Å². The lowest BCUT2D eigenvalue weighted by Gasteiger charge is -2.08. The third-order valence-electron chi connectivity index (χ3n) is 3.02. The lowest BCUT2D eigenvalue weighted by molar-refractivity contribution is 0.151. The van der Waals surface area contributed by atoms with Crippen LogP contribution in [0.15, 0.2) is 36.4 Å². The molecule has 19 heavy (non-hydrogen) atoms. The maximum atomic E-state index is 13.9. The van der Waals surface area contributed by atoms with Crippen LogP contribution in [0.3, 0.4) is 0 Å². The highest BCUT2D eigenvalue weighted by Gasteiger charge is 2.14. The Bertz CT molecular complexity index is 573. The van der Waals surface area contributed by atoms with E-state index in [4.69, 9.17) is 0 Å². The fourth-order valence-corrected chi connectivity index (χ4v) is 1.89. The van der Waals surface area contributed by atoms with E-state index in [1.54, 1.807) is 6.92 Å². The molecule has 0 saturated carbocycles. The van der Waals surface area contributed by atoms with E-state index in [1.807, 2.05) is 0 Å². The van der Waals surface area contributed by atoms with Crippen molar-refractivity contribution in [2.75, 3.05) is 0 Å². The van der Waals surface area contributed by atoms with Crippen LogP contribution in [0.1, 0.15) is 24.5 Å². The summed E-state index contributed by atoms with van der Waals surface area (Å²) in [6.07, 6.45) is -2.18. The number of halogens is 4. The van der Waals surface area contributed by atoms with Crippen molar-refractivity contribution in [2.24, 2.45) is 0 Å². The predicted molar refractivity (Wildman–Crippen MR) is 66.1 cm³/mol. The maximum Gasteiger partial charge on any atom is 0.263 e. The molecular formula is C15H12F4.